The summed E-state index contributed by atoms with van der Waals surface area (Å²) < 4.78 is 0. The van der Waals surface area contributed by atoms with Gasteiger partial charge in [0.15, 0.2) is 0 Å². The van der Waals surface area contributed by atoms with Crippen LogP contribution in [0, 0.1) is 13.8 Å². The molecule has 0 saturated carbocycles. The van der Waals surface area contributed by atoms with Gasteiger partial charge < -0.3 is 0 Å². The Balaban J connectivity index is 1.85. The van der Waals surface area contributed by atoms with Gasteiger partial charge in [-0.25, -0.2) is 0 Å². The highest BCUT2D eigenvalue weighted by Crippen LogP contribution is 2.35. The topological polar surface area (TPSA) is 0 Å². The Morgan fingerprint density at radius 3 is 2.27 bits per heavy atom. The molecule has 4 rings (SSSR count). The molecule has 26 heavy (non-hydrogen) atoms. The van der Waals surface area contributed by atoms with E-state index >= 15 is 0 Å². The molecule has 0 heterocycles. The van der Waals surface area contributed by atoms with Crippen LogP contribution in [-0.2, 0) is 0 Å². The molecule has 0 aliphatic carbocycles. The van der Waals surface area contributed by atoms with Gasteiger partial charge in [0.05, 0.1) is 0 Å². The molecule has 0 spiro atoms. The van der Waals surface area contributed by atoms with Crippen molar-refractivity contribution >= 4 is 10.8 Å². The average molecular weight is 336 g/mol. The lowest BCUT2D eigenvalue weighted by atomic mass is 9.87. The van der Waals surface area contributed by atoms with Crippen molar-refractivity contribution in [1.29, 1.82) is 0 Å². The van der Waals surface area contributed by atoms with Gasteiger partial charge in [0.1, 0.15) is 0 Å². The Morgan fingerprint density at radius 2 is 1.42 bits per heavy atom. The zero-order chi connectivity index (χ0) is 18.1. The van der Waals surface area contributed by atoms with Crippen molar-refractivity contribution in [1.82, 2.24) is 0 Å². The Morgan fingerprint density at radius 1 is 0.654 bits per heavy atom. The lowest BCUT2D eigenvalue weighted by molar-refractivity contribution is 0.910. The summed E-state index contributed by atoms with van der Waals surface area (Å²) >= 11 is 0. The normalized spacial score (nSPS) is 12.3. The minimum atomic E-state index is 0.381. The molecule has 0 amide bonds. The Hall–Kier alpha value is -2.86. The van der Waals surface area contributed by atoms with Crippen molar-refractivity contribution < 1.29 is 0 Å². The molecule has 4 aromatic rings. The molecule has 1 unspecified atom stereocenters. The molecule has 0 radical (unpaired) electrons. The van der Waals surface area contributed by atoms with E-state index in [9.17, 15) is 0 Å². The van der Waals surface area contributed by atoms with Crippen LogP contribution in [0.3, 0.4) is 0 Å². The second kappa shape index (κ2) is 6.80. The van der Waals surface area contributed by atoms with Crippen LogP contribution in [0.5, 0.6) is 0 Å². The standard InChI is InChI=1S/C26H24/c1-18-9-4-6-13-24(18)20(3)22-11-8-12-23(17-22)26-19(2)15-16-21-10-5-7-14-25(21)26/h4-17,20H,1-3H3. The highest BCUT2D eigenvalue weighted by Gasteiger charge is 2.13. The largest absolute Gasteiger partial charge is 0.0620 e. The first-order chi connectivity index (χ1) is 12.6. The Kier molecular flexibility index (Phi) is 4.34. The summed E-state index contributed by atoms with van der Waals surface area (Å²) in [5.41, 5.74) is 8.10. The van der Waals surface area contributed by atoms with E-state index in [0.29, 0.717) is 5.92 Å². The summed E-state index contributed by atoms with van der Waals surface area (Å²) in [5.74, 6) is 0.381. The van der Waals surface area contributed by atoms with Gasteiger partial charge in [0.2, 0.25) is 0 Å². The van der Waals surface area contributed by atoms with E-state index in [4.69, 9.17) is 0 Å². The quantitative estimate of drug-likeness (QED) is 0.369. The fourth-order valence-corrected chi connectivity index (χ4v) is 3.98. The third-order valence-electron chi connectivity index (χ3n) is 5.47. The third-order valence-corrected chi connectivity index (χ3v) is 5.47. The van der Waals surface area contributed by atoms with E-state index < -0.39 is 0 Å². The first-order valence-corrected chi connectivity index (χ1v) is 9.29. The lowest BCUT2D eigenvalue weighted by Crippen LogP contribution is -1.99. The van der Waals surface area contributed by atoms with Crippen molar-refractivity contribution in [2.24, 2.45) is 0 Å². The molecule has 0 saturated heterocycles. The van der Waals surface area contributed by atoms with Gasteiger partial charge in [-0.2, -0.15) is 0 Å². The Labute approximate surface area is 156 Å². The number of hydrogen-bond donors (Lipinski definition) is 0. The molecule has 0 N–H and O–H groups in total. The van der Waals surface area contributed by atoms with E-state index in [1.165, 1.54) is 44.2 Å². The molecular formula is C26H24. The summed E-state index contributed by atoms with van der Waals surface area (Å²) in [6.45, 7) is 6.71. The maximum Gasteiger partial charge on any atom is 0.00638 e. The molecule has 0 fully saturated rings. The number of aryl methyl sites for hydroxylation is 2. The van der Waals surface area contributed by atoms with E-state index in [-0.39, 0.29) is 0 Å². The highest BCUT2D eigenvalue weighted by atomic mass is 14.2. The van der Waals surface area contributed by atoms with Crippen LogP contribution in [0.2, 0.25) is 0 Å². The van der Waals surface area contributed by atoms with E-state index in [1.807, 2.05) is 0 Å². The predicted octanol–water partition coefficient (Wildman–Crippen LogP) is 7.28. The summed E-state index contributed by atoms with van der Waals surface area (Å²) in [5, 5.41) is 2.62. The van der Waals surface area contributed by atoms with Gasteiger partial charge in [-0.1, -0.05) is 91.9 Å². The number of hydrogen-bond acceptors (Lipinski definition) is 0. The van der Waals surface area contributed by atoms with Crippen LogP contribution in [0.15, 0.2) is 84.9 Å². The van der Waals surface area contributed by atoms with Crippen LogP contribution < -0.4 is 0 Å². The van der Waals surface area contributed by atoms with Crippen LogP contribution >= 0.6 is 0 Å². The summed E-state index contributed by atoms with van der Waals surface area (Å²) in [6, 6.07) is 30.9. The fourth-order valence-electron chi connectivity index (χ4n) is 3.98. The molecule has 0 aromatic heterocycles. The van der Waals surface area contributed by atoms with Crippen LogP contribution in [0.25, 0.3) is 21.9 Å². The first-order valence-electron chi connectivity index (χ1n) is 9.29. The molecule has 1 atom stereocenters. The van der Waals surface area contributed by atoms with E-state index in [2.05, 4.69) is 106 Å². The van der Waals surface area contributed by atoms with Crippen molar-refractivity contribution in [2.45, 2.75) is 26.7 Å². The van der Waals surface area contributed by atoms with Crippen LogP contribution in [0.4, 0.5) is 0 Å². The average Bonchev–Trinajstić information content (AvgIpc) is 2.68. The smallest absolute Gasteiger partial charge is 0.00638 e. The molecule has 4 aromatic carbocycles. The monoisotopic (exact) mass is 336 g/mol. The van der Waals surface area contributed by atoms with Gasteiger partial charge >= 0.3 is 0 Å². The van der Waals surface area contributed by atoms with Gasteiger partial charge in [0, 0.05) is 5.92 Å². The van der Waals surface area contributed by atoms with Crippen molar-refractivity contribution in [3.05, 3.63) is 107 Å². The molecule has 0 bridgehead atoms. The maximum atomic E-state index is 2.37. The summed E-state index contributed by atoms with van der Waals surface area (Å²) in [4.78, 5) is 0. The fraction of sp³-hybridized carbons (Fsp3) is 0.154. The van der Waals surface area contributed by atoms with Crippen molar-refractivity contribution in [2.75, 3.05) is 0 Å². The molecule has 128 valence electrons. The highest BCUT2D eigenvalue weighted by molar-refractivity contribution is 5.98. The van der Waals surface area contributed by atoms with Gasteiger partial charge in [-0.15, -0.1) is 0 Å². The lowest BCUT2D eigenvalue weighted by Gasteiger charge is -2.17. The minimum Gasteiger partial charge on any atom is -0.0620 e. The van der Waals surface area contributed by atoms with Crippen LogP contribution in [-0.4, -0.2) is 0 Å². The maximum absolute atomic E-state index is 2.37. The molecule has 0 aliphatic rings. The van der Waals surface area contributed by atoms with Crippen molar-refractivity contribution in [3.63, 3.8) is 0 Å². The second-order valence-corrected chi connectivity index (χ2v) is 7.18. The Bertz CT molecular complexity index is 1070. The first kappa shape index (κ1) is 16.6. The molecule has 0 heteroatoms. The van der Waals surface area contributed by atoms with E-state index in [1.54, 1.807) is 0 Å². The van der Waals surface area contributed by atoms with Crippen molar-refractivity contribution in [3.8, 4) is 11.1 Å². The van der Waals surface area contributed by atoms with Crippen LogP contribution in [0.1, 0.15) is 35.1 Å². The van der Waals surface area contributed by atoms with Gasteiger partial charge in [-0.3, -0.25) is 0 Å². The zero-order valence-corrected chi connectivity index (χ0v) is 15.7. The second-order valence-electron chi connectivity index (χ2n) is 7.18. The third kappa shape index (κ3) is 2.93. The van der Waals surface area contributed by atoms with Gasteiger partial charge in [0.25, 0.3) is 0 Å². The molecular weight excluding hydrogens is 312 g/mol. The van der Waals surface area contributed by atoms with E-state index in [0.717, 1.165) is 0 Å². The summed E-state index contributed by atoms with van der Waals surface area (Å²) in [6.07, 6.45) is 0. The summed E-state index contributed by atoms with van der Waals surface area (Å²) in [7, 11) is 0. The SMILES string of the molecule is Cc1ccccc1C(C)c1cccc(-c2c(C)ccc3ccccc23)c1. The number of benzene rings is 4. The predicted molar refractivity (Wildman–Crippen MR) is 113 cm³/mol. The van der Waals surface area contributed by atoms with Gasteiger partial charge in [-0.05, 0) is 58.0 Å². The molecule has 0 aliphatic heterocycles. The molecule has 0 nitrogen and oxygen atoms in total. The zero-order valence-electron chi connectivity index (χ0n) is 15.7. The number of rotatable bonds is 3. The number of fused-ring (bicyclic) bond motifs is 1. The minimum absolute atomic E-state index is 0.381.